The van der Waals surface area contributed by atoms with Crippen LogP contribution in [0.2, 0.25) is 0 Å². The Hall–Kier alpha value is -2.11. The van der Waals surface area contributed by atoms with Crippen molar-refractivity contribution in [2.75, 3.05) is 13.6 Å². The van der Waals surface area contributed by atoms with E-state index in [1.807, 2.05) is 12.1 Å². The number of nitrogens with one attached hydrogen (secondary N) is 1. The molecule has 1 rings (SSSR count). The van der Waals surface area contributed by atoms with Gasteiger partial charge in [0.1, 0.15) is 0 Å². The van der Waals surface area contributed by atoms with Gasteiger partial charge in [0.2, 0.25) is 0 Å². The predicted molar refractivity (Wildman–Crippen MR) is 70.5 cm³/mol. The summed E-state index contributed by atoms with van der Waals surface area (Å²) in [6.45, 7) is 3.67. The van der Waals surface area contributed by atoms with E-state index in [-0.39, 0.29) is 12.6 Å². The van der Waals surface area contributed by atoms with Crippen LogP contribution < -0.4 is 5.32 Å². The Bertz CT molecular complexity index is 446. The van der Waals surface area contributed by atoms with Gasteiger partial charge >= 0.3 is 12.0 Å². The molecule has 0 spiro atoms. The van der Waals surface area contributed by atoms with Gasteiger partial charge in [-0.2, -0.15) is 0 Å². The van der Waals surface area contributed by atoms with E-state index in [2.05, 4.69) is 10.3 Å². The summed E-state index contributed by atoms with van der Waals surface area (Å²) in [5.74, 6) is -0.940. The van der Waals surface area contributed by atoms with Crippen LogP contribution in [-0.2, 0) is 11.3 Å². The number of hydrogen-bond donors (Lipinski definition) is 2. The average Bonchev–Trinajstić information content (AvgIpc) is 2.37. The molecule has 6 nitrogen and oxygen atoms in total. The molecule has 0 aliphatic heterocycles. The minimum Gasteiger partial charge on any atom is -0.481 e. The second-order valence-corrected chi connectivity index (χ2v) is 5.06. The van der Waals surface area contributed by atoms with Gasteiger partial charge in [0, 0.05) is 32.5 Å². The first-order valence-corrected chi connectivity index (χ1v) is 5.94. The number of amides is 2. The number of rotatable bonds is 5. The first-order chi connectivity index (χ1) is 8.83. The number of hydrogen-bond acceptors (Lipinski definition) is 3. The highest BCUT2D eigenvalue weighted by Gasteiger charge is 2.27. The molecule has 1 heterocycles. The van der Waals surface area contributed by atoms with E-state index >= 15 is 0 Å². The highest BCUT2D eigenvalue weighted by atomic mass is 16.4. The minimum atomic E-state index is -0.979. The maximum Gasteiger partial charge on any atom is 0.317 e. The molecule has 0 aliphatic carbocycles. The Labute approximate surface area is 112 Å². The molecule has 0 aliphatic rings. The molecule has 0 atom stereocenters. The fourth-order valence-electron chi connectivity index (χ4n) is 1.34. The molecular weight excluding hydrogens is 246 g/mol. The summed E-state index contributed by atoms with van der Waals surface area (Å²) in [6.07, 6.45) is 3.32. The second kappa shape index (κ2) is 6.17. The van der Waals surface area contributed by atoms with E-state index in [0.717, 1.165) is 5.56 Å². The molecule has 0 radical (unpaired) electrons. The first-order valence-electron chi connectivity index (χ1n) is 5.94. The van der Waals surface area contributed by atoms with Crippen molar-refractivity contribution in [2.24, 2.45) is 5.41 Å². The van der Waals surface area contributed by atoms with Gasteiger partial charge in [-0.15, -0.1) is 0 Å². The number of carbonyl (C=O) groups is 2. The van der Waals surface area contributed by atoms with Gasteiger partial charge in [-0.3, -0.25) is 9.78 Å². The van der Waals surface area contributed by atoms with Crippen LogP contribution in [-0.4, -0.2) is 40.6 Å². The number of pyridine rings is 1. The highest BCUT2D eigenvalue weighted by Crippen LogP contribution is 2.13. The number of aliphatic carboxylic acids is 1. The van der Waals surface area contributed by atoms with E-state index in [4.69, 9.17) is 5.11 Å². The lowest BCUT2D eigenvalue weighted by molar-refractivity contribution is -0.146. The summed E-state index contributed by atoms with van der Waals surface area (Å²) in [7, 11) is 1.66. The number of urea groups is 1. The van der Waals surface area contributed by atoms with Crippen LogP contribution >= 0.6 is 0 Å². The molecular formula is C13H19N3O3. The molecule has 19 heavy (non-hydrogen) atoms. The topological polar surface area (TPSA) is 82.5 Å². The number of carbonyl (C=O) groups excluding carboxylic acids is 1. The van der Waals surface area contributed by atoms with Crippen molar-refractivity contribution in [3.05, 3.63) is 30.1 Å². The Morgan fingerprint density at radius 1 is 1.37 bits per heavy atom. The third-order valence-electron chi connectivity index (χ3n) is 2.78. The van der Waals surface area contributed by atoms with E-state index in [1.165, 1.54) is 4.90 Å². The summed E-state index contributed by atoms with van der Waals surface area (Å²) >= 11 is 0. The number of carboxylic acids is 1. The van der Waals surface area contributed by atoms with Gasteiger partial charge in [-0.25, -0.2) is 4.79 Å². The zero-order chi connectivity index (χ0) is 14.5. The molecule has 0 bridgehead atoms. The molecule has 0 saturated carbocycles. The van der Waals surface area contributed by atoms with Gasteiger partial charge in [0.05, 0.1) is 5.41 Å². The van der Waals surface area contributed by atoms with Gasteiger partial charge in [0.15, 0.2) is 0 Å². The molecule has 0 aromatic carbocycles. The predicted octanol–water partition coefficient (Wildman–Crippen LogP) is 1.33. The van der Waals surface area contributed by atoms with Crippen molar-refractivity contribution < 1.29 is 14.7 Å². The largest absolute Gasteiger partial charge is 0.481 e. The Morgan fingerprint density at radius 2 is 1.95 bits per heavy atom. The Morgan fingerprint density at radius 3 is 2.47 bits per heavy atom. The third kappa shape index (κ3) is 4.57. The normalized spacial score (nSPS) is 10.9. The van der Waals surface area contributed by atoms with Crippen LogP contribution in [0.1, 0.15) is 19.4 Å². The fraction of sp³-hybridized carbons (Fsp3) is 0.462. The number of nitrogens with zero attached hydrogens (tertiary/aromatic N) is 2. The fourth-order valence-corrected chi connectivity index (χ4v) is 1.34. The number of aromatic nitrogens is 1. The van der Waals surface area contributed by atoms with E-state index in [0.29, 0.717) is 6.54 Å². The van der Waals surface area contributed by atoms with Gasteiger partial charge in [0.25, 0.3) is 0 Å². The third-order valence-corrected chi connectivity index (χ3v) is 2.78. The van der Waals surface area contributed by atoms with Gasteiger partial charge in [-0.05, 0) is 31.5 Å². The summed E-state index contributed by atoms with van der Waals surface area (Å²) < 4.78 is 0. The first kappa shape index (κ1) is 14.9. The lowest BCUT2D eigenvalue weighted by atomic mass is 9.94. The SMILES string of the molecule is CN(Cc1ccncc1)C(=O)NCC(C)(C)C(=O)O. The van der Waals surface area contributed by atoms with Crippen LogP contribution in [0.25, 0.3) is 0 Å². The highest BCUT2D eigenvalue weighted by molar-refractivity contribution is 5.77. The lowest BCUT2D eigenvalue weighted by Gasteiger charge is -2.23. The molecule has 6 heteroatoms. The van der Waals surface area contributed by atoms with E-state index < -0.39 is 11.4 Å². The van der Waals surface area contributed by atoms with Crippen molar-refractivity contribution in [3.8, 4) is 0 Å². The van der Waals surface area contributed by atoms with Crippen LogP contribution in [0.3, 0.4) is 0 Å². The summed E-state index contributed by atoms with van der Waals surface area (Å²) in [6, 6.07) is 3.35. The summed E-state index contributed by atoms with van der Waals surface area (Å²) in [5, 5.41) is 11.6. The average molecular weight is 265 g/mol. The quantitative estimate of drug-likeness (QED) is 0.841. The zero-order valence-corrected chi connectivity index (χ0v) is 11.4. The van der Waals surface area contributed by atoms with Crippen LogP contribution in [0, 0.1) is 5.41 Å². The molecule has 2 N–H and O–H groups in total. The molecule has 0 saturated heterocycles. The standard InChI is InChI=1S/C13H19N3O3/c1-13(2,11(17)18)9-15-12(19)16(3)8-10-4-6-14-7-5-10/h4-7H,8-9H2,1-3H3,(H,15,19)(H,17,18). The molecule has 0 unspecified atom stereocenters. The zero-order valence-electron chi connectivity index (χ0n) is 11.4. The number of carboxylic acid groups (broad SMARTS) is 1. The maximum atomic E-state index is 11.8. The maximum absolute atomic E-state index is 11.8. The summed E-state index contributed by atoms with van der Waals surface area (Å²) in [5.41, 5.74) is -0.0159. The second-order valence-electron chi connectivity index (χ2n) is 5.06. The van der Waals surface area contributed by atoms with Crippen LogP contribution in [0.15, 0.2) is 24.5 Å². The van der Waals surface area contributed by atoms with Gasteiger partial charge in [-0.1, -0.05) is 0 Å². The van der Waals surface area contributed by atoms with E-state index in [9.17, 15) is 9.59 Å². The minimum absolute atomic E-state index is 0.0852. The molecule has 2 amide bonds. The smallest absolute Gasteiger partial charge is 0.317 e. The molecule has 1 aromatic heterocycles. The Balaban J connectivity index is 2.48. The molecule has 0 fully saturated rings. The van der Waals surface area contributed by atoms with Crippen molar-refractivity contribution in [3.63, 3.8) is 0 Å². The monoisotopic (exact) mass is 265 g/mol. The van der Waals surface area contributed by atoms with Crippen molar-refractivity contribution in [1.29, 1.82) is 0 Å². The van der Waals surface area contributed by atoms with Gasteiger partial charge < -0.3 is 15.3 Å². The van der Waals surface area contributed by atoms with Crippen molar-refractivity contribution >= 4 is 12.0 Å². The molecule has 1 aromatic rings. The molecule has 104 valence electrons. The lowest BCUT2D eigenvalue weighted by Crippen LogP contribution is -2.43. The van der Waals surface area contributed by atoms with Crippen molar-refractivity contribution in [1.82, 2.24) is 15.2 Å². The summed E-state index contributed by atoms with van der Waals surface area (Å²) in [4.78, 5) is 28.1. The Kier molecular flexibility index (Phi) is 4.86. The van der Waals surface area contributed by atoms with Crippen LogP contribution in [0.5, 0.6) is 0 Å². The van der Waals surface area contributed by atoms with Crippen LogP contribution in [0.4, 0.5) is 4.79 Å². The van der Waals surface area contributed by atoms with E-state index in [1.54, 1.807) is 33.3 Å². The van der Waals surface area contributed by atoms with Crippen molar-refractivity contribution in [2.45, 2.75) is 20.4 Å².